The monoisotopic (exact) mass is 400 g/mol. The number of piperidine rings is 1. The van der Waals surface area contributed by atoms with E-state index in [2.05, 4.69) is 20.5 Å². The smallest absolute Gasteiger partial charge is 0.123 e. The molecule has 5 rings (SSSR count). The Morgan fingerprint density at radius 1 is 0.800 bits per heavy atom. The molecule has 0 spiro atoms. The van der Waals surface area contributed by atoms with E-state index in [1.165, 1.54) is 44.5 Å². The third-order valence-electron chi connectivity index (χ3n) is 6.00. The van der Waals surface area contributed by atoms with E-state index in [-0.39, 0.29) is 5.82 Å². The summed E-state index contributed by atoms with van der Waals surface area (Å²) in [4.78, 5) is 11.5. The molecule has 4 heterocycles. The molecule has 152 valence electrons. The van der Waals surface area contributed by atoms with Crippen LogP contribution in [0.25, 0.3) is 33.4 Å². The van der Waals surface area contributed by atoms with Crippen LogP contribution < -0.4 is 0 Å². The summed E-state index contributed by atoms with van der Waals surface area (Å²) in [5.41, 5.74) is 6.31. The first-order chi connectivity index (χ1) is 14.8. The fraction of sp³-hybridized carbons (Fsp3) is 0.280. The Morgan fingerprint density at radius 2 is 1.57 bits per heavy atom. The van der Waals surface area contributed by atoms with Crippen molar-refractivity contribution < 1.29 is 4.39 Å². The van der Waals surface area contributed by atoms with Crippen molar-refractivity contribution in [2.45, 2.75) is 25.8 Å². The van der Waals surface area contributed by atoms with E-state index in [1.807, 2.05) is 48.9 Å². The SMILES string of the molecule is Fc1ccc(-c2c(-c3ccncc3)n(CCN3CCCCC3)c3cccnc23)cc1. The highest BCUT2D eigenvalue weighted by molar-refractivity contribution is 6.02. The molecule has 0 bridgehead atoms. The van der Waals surface area contributed by atoms with Crippen LogP contribution in [0, 0.1) is 5.82 Å². The lowest BCUT2D eigenvalue weighted by atomic mass is 10.0. The maximum absolute atomic E-state index is 13.6. The van der Waals surface area contributed by atoms with Crippen LogP contribution in [0.15, 0.2) is 67.1 Å². The van der Waals surface area contributed by atoms with Crippen molar-refractivity contribution >= 4 is 11.0 Å². The highest BCUT2D eigenvalue weighted by Crippen LogP contribution is 2.39. The molecule has 1 fully saturated rings. The van der Waals surface area contributed by atoms with Gasteiger partial charge in [-0.1, -0.05) is 18.6 Å². The molecule has 0 aliphatic carbocycles. The van der Waals surface area contributed by atoms with Crippen LogP contribution in [0.2, 0.25) is 0 Å². The molecule has 5 heteroatoms. The summed E-state index contributed by atoms with van der Waals surface area (Å²) in [6.07, 6.45) is 9.39. The van der Waals surface area contributed by atoms with Crippen molar-refractivity contribution in [2.24, 2.45) is 0 Å². The Balaban J connectivity index is 1.68. The van der Waals surface area contributed by atoms with E-state index in [4.69, 9.17) is 4.98 Å². The van der Waals surface area contributed by atoms with E-state index in [0.717, 1.165) is 46.5 Å². The highest BCUT2D eigenvalue weighted by atomic mass is 19.1. The number of benzene rings is 1. The number of likely N-dealkylation sites (tertiary alicyclic amines) is 1. The van der Waals surface area contributed by atoms with Crippen molar-refractivity contribution in [3.8, 4) is 22.4 Å². The number of aromatic nitrogens is 3. The second-order valence-corrected chi connectivity index (χ2v) is 7.89. The van der Waals surface area contributed by atoms with Crippen LogP contribution in [0.4, 0.5) is 4.39 Å². The first-order valence-electron chi connectivity index (χ1n) is 10.7. The summed E-state index contributed by atoms with van der Waals surface area (Å²) in [6.45, 7) is 4.25. The molecule has 1 saturated heterocycles. The largest absolute Gasteiger partial charge is 0.337 e. The molecule has 0 radical (unpaired) electrons. The van der Waals surface area contributed by atoms with E-state index in [0.29, 0.717) is 0 Å². The van der Waals surface area contributed by atoms with Gasteiger partial charge in [0.05, 0.1) is 16.7 Å². The standard InChI is InChI=1S/C25H25FN4/c26-21-8-6-19(7-9-21)23-24-22(5-4-12-28-24)30(18-17-29-15-2-1-3-16-29)25(23)20-10-13-27-14-11-20/h4-14H,1-3,15-18H2. The van der Waals surface area contributed by atoms with Crippen LogP contribution in [0.5, 0.6) is 0 Å². The molecule has 0 amide bonds. The van der Waals surface area contributed by atoms with E-state index < -0.39 is 0 Å². The number of pyridine rings is 2. The van der Waals surface area contributed by atoms with Crippen molar-refractivity contribution in [3.63, 3.8) is 0 Å². The molecule has 0 unspecified atom stereocenters. The second kappa shape index (κ2) is 8.36. The summed E-state index contributed by atoms with van der Waals surface area (Å²) in [5, 5.41) is 0. The molecule has 0 N–H and O–H groups in total. The minimum Gasteiger partial charge on any atom is -0.337 e. The van der Waals surface area contributed by atoms with Gasteiger partial charge in [-0.25, -0.2) is 4.39 Å². The molecule has 30 heavy (non-hydrogen) atoms. The van der Waals surface area contributed by atoms with Crippen molar-refractivity contribution in [1.29, 1.82) is 0 Å². The van der Waals surface area contributed by atoms with Gasteiger partial charge in [0, 0.05) is 42.8 Å². The van der Waals surface area contributed by atoms with E-state index in [1.54, 1.807) is 0 Å². The number of nitrogens with zero attached hydrogens (tertiary/aromatic N) is 4. The van der Waals surface area contributed by atoms with Gasteiger partial charge in [0.1, 0.15) is 5.82 Å². The van der Waals surface area contributed by atoms with Gasteiger partial charge < -0.3 is 9.47 Å². The zero-order chi connectivity index (χ0) is 20.3. The molecule has 0 atom stereocenters. The predicted octanol–water partition coefficient (Wildman–Crippen LogP) is 5.39. The number of hydrogen-bond acceptors (Lipinski definition) is 3. The minimum atomic E-state index is -0.231. The fourth-order valence-electron chi connectivity index (χ4n) is 4.53. The summed E-state index contributed by atoms with van der Waals surface area (Å²) < 4.78 is 16.0. The minimum absolute atomic E-state index is 0.231. The maximum atomic E-state index is 13.6. The molecular formula is C25H25FN4. The van der Waals surface area contributed by atoms with Gasteiger partial charge in [0.25, 0.3) is 0 Å². The lowest BCUT2D eigenvalue weighted by molar-refractivity contribution is 0.222. The number of hydrogen-bond donors (Lipinski definition) is 0. The third kappa shape index (κ3) is 3.61. The summed E-state index contributed by atoms with van der Waals surface area (Å²) >= 11 is 0. The molecule has 1 aliphatic rings. The summed E-state index contributed by atoms with van der Waals surface area (Å²) in [7, 11) is 0. The topological polar surface area (TPSA) is 34.0 Å². The average molecular weight is 401 g/mol. The van der Waals surface area contributed by atoms with Crippen LogP contribution in [-0.2, 0) is 6.54 Å². The number of halogens is 1. The zero-order valence-electron chi connectivity index (χ0n) is 17.0. The van der Waals surface area contributed by atoms with Crippen molar-refractivity contribution in [1.82, 2.24) is 19.4 Å². The Hall–Kier alpha value is -3.05. The maximum Gasteiger partial charge on any atom is 0.123 e. The second-order valence-electron chi connectivity index (χ2n) is 7.89. The Bertz CT molecular complexity index is 1130. The third-order valence-corrected chi connectivity index (χ3v) is 6.00. The Labute approximate surface area is 176 Å². The molecule has 1 aromatic carbocycles. The van der Waals surface area contributed by atoms with E-state index >= 15 is 0 Å². The lowest BCUT2D eigenvalue weighted by Gasteiger charge is -2.27. The number of fused-ring (bicyclic) bond motifs is 1. The van der Waals surface area contributed by atoms with Crippen LogP contribution >= 0.6 is 0 Å². The number of rotatable bonds is 5. The van der Waals surface area contributed by atoms with Gasteiger partial charge in [-0.3, -0.25) is 9.97 Å². The fourth-order valence-corrected chi connectivity index (χ4v) is 4.53. The van der Waals surface area contributed by atoms with Gasteiger partial charge >= 0.3 is 0 Å². The normalized spacial score (nSPS) is 15.0. The quantitative estimate of drug-likeness (QED) is 0.450. The van der Waals surface area contributed by atoms with Crippen LogP contribution in [0.3, 0.4) is 0 Å². The van der Waals surface area contributed by atoms with Crippen LogP contribution in [0.1, 0.15) is 19.3 Å². The molecular weight excluding hydrogens is 375 g/mol. The highest BCUT2D eigenvalue weighted by Gasteiger charge is 2.21. The molecule has 4 aromatic rings. The van der Waals surface area contributed by atoms with Gasteiger partial charge in [-0.15, -0.1) is 0 Å². The summed E-state index contributed by atoms with van der Waals surface area (Å²) in [6, 6.07) is 14.9. The average Bonchev–Trinajstić information content (AvgIpc) is 3.14. The Kier molecular flexibility index (Phi) is 5.28. The molecule has 1 aliphatic heterocycles. The summed E-state index contributed by atoms with van der Waals surface area (Å²) in [5.74, 6) is -0.231. The predicted molar refractivity (Wildman–Crippen MR) is 119 cm³/mol. The molecule has 3 aromatic heterocycles. The molecule has 0 saturated carbocycles. The van der Waals surface area contributed by atoms with Gasteiger partial charge in [0.2, 0.25) is 0 Å². The van der Waals surface area contributed by atoms with Crippen molar-refractivity contribution in [2.75, 3.05) is 19.6 Å². The Morgan fingerprint density at radius 3 is 2.33 bits per heavy atom. The zero-order valence-corrected chi connectivity index (χ0v) is 17.0. The van der Waals surface area contributed by atoms with Gasteiger partial charge in [0.15, 0.2) is 0 Å². The van der Waals surface area contributed by atoms with Gasteiger partial charge in [-0.05, 0) is 67.9 Å². The van der Waals surface area contributed by atoms with Crippen LogP contribution in [-0.4, -0.2) is 39.1 Å². The van der Waals surface area contributed by atoms with E-state index in [9.17, 15) is 4.39 Å². The van der Waals surface area contributed by atoms with Gasteiger partial charge in [-0.2, -0.15) is 0 Å². The first kappa shape index (κ1) is 18.9. The molecule has 4 nitrogen and oxygen atoms in total. The van der Waals surface area contributed by atoms with Crippen molar-refractivity contribution in [3.05, 3.63) is 72.9 Å². The first-order valence-corrected chi connectivity index (χ1v) is 10.7. The lowest BCUT2D eigenvalue weighted by Crippen LogP contribution is -2.32.